The average Bonchev–Trinajstić information content (AvgIpc) is 3.04. The largest absolute Gasteiger partial charge is 0.395 e. The lowest BCUT2D eigenvalue weighted by molar-refractivity contribution is 0.264. The van der Waals surface area contributed by atoms with Crippen molar-refractivity contribution in [3.8, 4) is 0 Å². The highest BCUT2D eigenvalue weighted by Crippen LogP contribution is 2.32. The number of nitrogens with two attached hydrogens (primary N) is 1. The SMILES string of the molecule is Cc1ccc(Sc2nc3sccn3c2CC(N)CO)cc1. The van der Waals surface area contributed by atoms with Gasteiger partial charge in [-0.25, -0.2) is 4.98 Å². The molecule has 0 aliphatic carbocycles. The van der Waals surface area contributed by atoms with Gasteiger partial charge in [0.1, 0.15) is 5.03 Å². The fourth-order valence-electron chi connectivity index (χ4n) is 2.11. The highest BCUT2D eigenvalue weighted by Gasteiger charge is 2.16. The summed E-state index contributed by atoms with van der Waals surface area (Å²) in [6, 6.07) is 8.13. The van der Waals surface area contributed by atoms with Crippen LogP contribution >= 0.6 is 23.1 Å². The Kier molecular flexibility index (Phi) is 4.30. The van der Waals surface area contributed by atoms with E-state index in [4.69, 9.17) is 5.73 Å². The molecule has 3 rings (SSSR count). The molecule has 1 aromatic carbocycles. The van der Waals surface area contributed by atoms with Crippen molar-refractivity contribution >= 4 is 28.1 Å². The van der Waals surface area contributed by atoms with Gasteiger partial charge in [0.2, 0.25) is 0 Å². The number of aromatic nitrogens is 2. The van der Waals surface area contributed by atoms with Crippen LogP contribution in [0, 0.1) is 6.92 Å². The summed E-state index contributed by atoms with van der Waals surface area (Å²) in [5.74, 6) is 0. The maximum Gasteiger partial charge on any atom is 0.194 e. The second kappa shape index (κ2) is 6.19. The summed E-state index contributed by atoms with van der Waals surface area (Å²) in [4.78, 5) is 6.81. The number of aliphatic hydroxyl groups excluding tert-OH is 1. The average molecular weight is 319 g/mol. The number of hydrogen-bond donors (Lipinski definition) is 2. The Morgan fingerprint density at radius 3 is 2.86 bits per heavy atom. The van der Waals surface area contributed by atoms with Crippen molar-refractivity contribution < 1.29 is 5.11 Å². The Morgan fingerprint density at radius 1 is 1.38 bits per heavy atom. The third kappa shape index (κ3) is 3.13. The van der Waals surface area contributed by atoms with Gasteiger partial charge in [0.25, 0.3) is 0 Å². The number of aryl methyl sites for hydroxylation is 1. The highest BCUT2D eigenvalue weighted by molar-refractivity contribution is 7.99. The van der Waals surface area contributed by atoms with E-state index in [0.29, 0.717) is 6.42 Å². The number of hydrogen-bond acceptors (Lipinski definition) is 5. The van der Waals surface area contributed by atoms with E-state index in [-0.39, 0.29) is 12.6 Å². The minimum absolute atomic E-state index is 0.0218. The fraction of sp³-hybridized carbons (Fsp3) is 0.267. The maximum absolute atomic E-state index is 9.21. The molecule has 4 nitrogen and oxygen atoms in total. The molecule has 0 spiro atoms. The molecule has 6 heteroatoms. The van der Waals surface area contributed by atoms with E-state index in [1.165, 1.54) is 5.56 Å². The molecule has 0 bridgehead atoms. The normalized spacial score (nSPS) is 12.9. The number of benzene rings is 1. The Hall–Kier alpha value is -1.34. The first-order chi connectivity index (χ1) is 10.2. The number of fused-ring (bicyclic) bond motifs is 1. The minimum Gasteiger partial charge on any atom is -0.395 e. The highest BCUT2D eigenvalue weighted by atomic mass is 32.2. The van der Waals surface area contributed by atoms with Crippen molar-refractivity contribution in [1.82, 2.24) is 9.38 Å². The molecule has 110 valence electrons. The third-order valence-corrected chi connectivity index (χ3v) is 5.03. The number of rotatable bonds is 5. The van der Waals surface area contributed by atoms with Crippen LogP contribution in [0.5, 0.6) is 0 Å². The zero-order chi connectivity index (χ0) is 14.8. The van der Waals surface area contributed by atoms with E-state index >= 15 is 0 Å². The van der Waals surface area contributed by atoms with E-state index in [1.807, 2.05) is 11.6 Å². The van der Waals surface area contributed by atoms with E-state index in [2.05, 4.69) is 40.6 Å². The summed E-state index contributed by atoms with van der Waals surface area (Å²) in [6.45, 7) is 2.05. The summed E-state index contributed by atoms with van der Waals surface area (Å²) in [5.41, 5.74) is 8.22. The maximum atomic E-state index is 9.21. The second-order valence-electron chi connectivity index (χ2n) is 4.98. The number of aliphatic hydroxyl groups is 1. The molecule has 0 radical (unpaired) electrons. The van der Waals surface area contributed by atoms with Gasteiger partial charge in [-0.15, -0.1) is 11.3 Å². The van der Waals surface area contributed by atoms with Crippen LogP contribution in [0.15, 0.2) is 45.8 Å². The zero-order valence-electron chi connectivity index (χ0n) is 11.7. The van der Waals surface area contributed by atoms with Crippen molar-refractivity contribution in [2.45, 2.75) is 29.3 Å². The minimum atomic E-state index is -0.262. The monoisotopic (exact) mass is 319 g/mol. The van der Waals surface area contributed by atoms with Gasteiger partial charge in [-0.3, -0.25) is 4.40 Å². The molecule has 2 aromatic heterocycles. The van der Waals surface area contributed by atoms with Gasteiger partial charge in [-0.1, -0.05) is 29.5 Å². The van der Waals surface area contributed by atoms with E-state index in [1.54, 1.807) is 23.1 Å². The predicted molar refractivity (Wildman–Crippen MR) is 87.1 cm³/mol. The van der Waals surface area contributed by atoms with Gasteiger partial charge in [0.15, 0.2) is 4.96 Å². The van der Waals surface area contributed by atoms with Crippen molar-refractivity contribution in [1.29, 1.82) is 0 Å². The van der Waals surface area contributed by atoms with Gasteiger partial charge >= 0.3 is 0 Å². The van der Waals surface area contributed by atoms with Gasteiger partial charge < -0.3 is 10.8 Å². The quantitative estimate of drug-likeness (QED) is 0.759. The van der Waals surface area contributed by atoms with E-state index in [9.17, 15) is 5.11 Å². The topological polar surface area (TPSA) is 63.5 Å². The lowest BCUT2D eigenvalue weighted by Crippen LogP contribution is -2.27. The van der Waals surface area contributed by atoms with Crippen LogP contribution < -0.4 is 5.73 Å². The summed E-state index contributed by atoms with van der Waals surface area (Å²) in [5, 5.41) is 12.2. The number of imidazole rings is 1. The number of nitrogens with zero attached hydrogens (tertiary/aromatic N) is 2. The van der Waals surface area contributed by atoms with Crippen LogP contribution in [-0.2, 0) is 6.42 Å². The lowest BCUT2D eigenvalue weighted by atomic mass is 10.2. The molecule has 0 aliphatic heterocycles. The second-order valence-corrected chi connectivity index (χ2v) is 6.92. The van der Waals surface area contributed by atoms with Crippen LogP contribution in [0.1, 0.15) is 11.3 Å². The third-order valence-electron chi connectivity index (χ3n) is 3.25. The first kappa shape index (κ1) is 14.6. The van der Waals surface area contributed by atoms with Crippen LogP contribution in [0.3, 0.4) is 0 Å². The summed E-state index contributed by atoms with van der Waals surface area (Å²) < 4.78 is 2.07. The molecule has 0 saturated heterocycles. The molecule has 2 heterocycles. The van der Waals surface area contributed by atoms with Gasteiger partial charge in [0.05, 0.1) is 12.3 Å². The lowest BCUT2D eigenvalue weighted by Gasteiger charge is -2.09. The molecular formula is C15H17N3OS2. The van der Waals surface area contributed by atoms with Crippen LogP contribution in [-0.4, -0.2) is 27.1 Å². The standard InChI is InChI=1S/C15H17N3OS2/c1-10-2-4-12(5-3-10)21-14-13(8-11(16)9-19)18-6-7-20-15(18)17-14/h2-7,11,19H,8-9,16H2,1H3. The Bertz CT molecular complexity index is 733. The molecule has 3 aromatic rings. The summed E-state index contributed by atoms with van der Waals surface area (Å²) >= 11 is 3.25. The predicted octanol–water partition coefficient (Wildman–Crippen LogP) is 2.72. The van der Waals surface area contributed by atoms with Gasteiger partial charge in [0, 0.05) is 28.9 Å². The van der Waals surface area contributed by atoms with Crippen LogP contribution in [0.4, 0.5) is 0 Å². The van der Waals surface area contributed by atoms with Crippen LogP contribution in [0.25, 0.3) is 4.96 Å². The van der Waals surface area contributed by atoms with Crippen LogP contribution in [0.2, 0.25) is 0 Å². The molecule has 21 heavy (non-hydrogen) atoms. The van der Waals surface area contributed by atoms with Crippen molar-refractivity contribution in [3.05, 3.63) is 47.1 Å². The van der Waals surface area contributed by atoms with E-state index < -0.39 is 0 Å². The molecule has 0 aliphatic rings. The Balaban J connectivity index is 1.94. The molecule has 0 saturated carbocycles. The molecule has 1 unspecified atom stereocenters. The molecule has 0 amide bonds. The molecule has 3 N–H and O–H groups in total. The molecule has 0 fully saturated rings. The van der Waals surface area contributed by atoms with Crippen molar-refractivity contribution in [2.24, 2.45) is 5.73 Å². The van der Waals surface area contributed by atoms with Crippen molar-refractivity contribution in [3.63, 3.8) is 0 Å². The molecular weight excluding hydrogens is 302 g/mol. The number of thiazole rings is 1. The Morgan fingerprint density at radius 2 is 2.14 bits per heavy atom. The first-order valence-corrected chi connectivity index (χ1v) is 8.42. The summed E-state index contributed by atoms with van der Waals surface area (Å²) in [7, 11) is 0. The Labute approximate surface area is 131 Å². The van der Waals surface area contributed by atoms with Gasteiger partial charge in [-0.2, -0.15) is 0 Å². The smallest absolute Gasteiger partial charge is 0.194 e. The first-order valence-electron chi connectivity index (χ1n) is 6.73. The fourth-order valence-corrected chi connectivity index (χ4v) is 3.83. The van der Waals surface area contributed by atoms with Crippen molar-refractivity contribution in [2.75, 3.05) is 6.61 Å². The molecule has 1 atom stereocenters. The van der Waals surface area contributed by atoms with Gasteiger partial charge in [-0.05, 0) is 19.1 Å². The zero-order valence-corrected chi connectivity index (χ0v) is 13.3. The summed E-state index contributed by atoms with van der Waals surface area (Å²) in [6.07, 6.45) is 2.62. The van der Waals surface area contributed by atoms with E-state index in [0.717, 1.165) is 20.6 Å².